The van der Waals surface area contributed by atoms with Gasteiger partial charge in [-0.3, -0.25) is 0 Å². The van der Waals surface area contributed by atoms with Crippen LogP contribution in [0.25, 0.3) is 0 Å². The third-order valence-corrected chi connectivity index (χ3v) is 9.72. The molecule has 0 aromatic rings. The summed E-state index contributed by atoms with van der Waals surface area (Å²) in [6, 6.07) is 0. The molecule has 144 valence electrons. The summed E-state index contributed by atoms with van der Waals surface area (Å²) in [5.41, 5.74) is 0. The van der Waals surface area contributed by atoms with Crippen LogP contribution in [0.5, 0.6) is 0 Å². The van der Waals surface area contributed by atoms with Gasteiger partial charge in [0.25, 0.3) is 0 Å². The smallest absolute Gasteiger partial charge is 0 e. The van der Waals surface area contributed by atoms with Crippen molar-refractivity contribution in [1.29, 1.82) is 0 Å². The van der Waals surface area contributed by atoms with Gasteiger partial charge < -0.3 is 24.8 Å². The van der Waals surface area contributed by atoms with E-state index in [2.05, 4.69) is 41.5 Å². The van der Waals surface area contributed by atoms with E-state index in [0.717, 1.165) is 0 Å². The summed E-state index contributed by atoms with van der Waals surface area (Å²) in [5.74, 6) is 0. The van der Waals surface area contributed by atoms with E-state index in [1.54, 1.807) is 0 Å². The molecule has 0 spiro atoms. The zero-order valence-electron chi connectivity index (χ0n) is 16.6. The van der Waals surface area contributed by atoms with Gasteiger partial charge >= 0.3 is 0 Å². The molecule has 5 heteroatoms. The monoisotopic (exact) mass is 570 g/mol. The van der Waals surface area contributed by atoms with Gasteiger partial charge in [0.1, 0.15) is 0 Å². The molecule has 0 fully saturated rings. The van der Waals surface area contributed by atoms with Crippen LogP contribution in [-0.4, -0.2) is 37.0 Å². The van der Waals surface area contributed by atoms with Crippen LogP contribution in [0.3, 0.4) is 0 Å². The molecule has 0 radical (unpaired) electrons. The Morgan fingerprint density at radius 2 is 0.522 bits per heavy atom. The van der Waals surface area contributed by atoms with Gasteiger partial charge in [0, 0.05) is 25.8 Å². The maximum absolute atomic E-state index is 2.31. The molecule has 0 saturated carbocycles. The van der Waals surface area contributed by atoms with Crippen molar-refractivity contribution in [2.24, 2.45) is 0 Å². The fourth-order valence-corrected chi connectivity index (χ4v) is 7.70. The fourth-order valence-electron chi connectivity index (χ4n) is 2.57. The van der Waals surface area contributed by atoms with Crippen LogP contribution < -0.4 is 24.8 Å². The van der Waals surface area contributed by atoms with Crippen LogP contribution in [0.1, 0.15) is 80.1 Å². The molecule has 0 atom stereocenters. The van der Waals surface area contributed by atoms with Crippen LogP contribution in [-0.2, 0) is 25.8 Å². The average Bonchev–Trinajstić information content (AvgIpc) is 2.41. The summed E-state index contributed by atoms with van der Waals surface area (Å²) in [5, 5.41) is 0. The molecule has 0 bridgehead atoms. The molecule has 0 aromatic heterocycles. The summed E-state index contributed by atoms with van der Waals surface area (Å²) in [7, 11) is 0.878. The Morgan fingerprint density at radius 1 is 0.391 bits per heavy atom. The third-order valence-electron chi connectivity index (χ3n) is 3.24. The Hall–Kier alpha value is 2.31. The van der Waals surface area contributed by atoms with Gasteiger partial charge in [-0.15, -0.1) is 15.8 Å². The van der Waals surface area contributed by atoms with Gasteiger partial charge in [-0.2, -0.15) is 0 Å². The van der Waals surface area contributed by atoms with Crippen LogP contribution in [0, 0.1) is 0 Å². The second-order valence-electron chi connectivity index (χ2n) is 5.68. The Kier molecular flexibility index (Phi) is 50.5. The van der Waals surface area contributed by atoms with Crippen LogP contribution in [0.2, 0.25) is 0 Å². The van der Waals surface area contributed by atoms with Crippen LogP contribution in [0.4, 0.5) is 0 Å². The quantitative estimate of drug-likeness (QED) is 0.246. The summed E-state index contributed by atoms with van der Waals surface area (Å²) >= 11 is 0. The van der Waals surface area contributed by atoms with Crippen molar-refractivity contribution in [2.75, 3.05) is 37.0 Å². The van der Waals surface area contributed by atoms with E-state index in [9.17, 15) is 0 Å². The number of hydrogen-bond donors (Lipinski definition) is 0. The predicted octanol–water partition coefficient (Wildman–Crippen LogP) is 1.40. The van der Waals surface area contributed by atoms with Gasteiger partial charge in [-0.25, -0.2) is 0 Å². The van der Waals surface area contributed by atoms with Crippen molar-refractivity contribution in [3.63, 3.8) is 0 Å². The number of rotatable bonds is 12. The molecule has 0 N–H and O–H groups in total. The normalized spacial score (nSPS) is 9.39. The van der Waals surface area contributed by atoms with E-state index in [0.29, 0.717) is 15.8 Å². The van der Waals surface area contributed by atoms with Gasteiger partial charge in [-0.1, -0.05) is 80.1 Å². The molecule has 0 aliphatic carbocycles. The molecule has 0 amide bonds. The van der Waals surface area contributed by atoms with Crippen LogP contribution >= 0.6 is 15.8 Å². The number of hydrogen-bond acceptors (Lipinski definition) is 0. The standard InChI is InChI=1S/2C9H21P.2ClH.Hf/c2*1-4-7-10(8-5-2)9-6-3;;;/h2*4-9H2,1-3H3;2*1H;/p-2. The van der Waals surface area contributed by atoms with Gasteiger partial charge in [0.15, 0.2) is 0 Å². The summed E-state index contributed by atoms with van der Waals surface area (Å²) in [6.45, 7) is 13.8. The maximum atomic E-state index is 2.31. The zero-order chi connectivity index (χ0) is 15.6. The zero-order valence-corrected chi connectivity index (χ0v) is 23.5. The summed E-state index contributed by atoms with van der Waals surface area (Å²) in [4.78, 5) is 0. The molecule has 0 nitrogen and oxygen atoms in total. The SMILES string of the molecule is CCCP(CCC)CCC.CCCP(CCC)CCC.[Cl-].[Cl-].[Hf]. The first kappa shape index (κ1) is 36.3. The first-order valence-corrected chi connectivity index (χ1v) is 12.9. The summed E-state index contributed by atoms with van der Waals surface area (Å²) in [6.07, 6.45) is 17.4. The van der Waals surface area contributed by atoms with Gasteiger partial charge in [0.05, 0.1) is 0 Å². The topological polar surface area (TPSA) is 0 Å². The minimum absolute atomic E-state index is 0. The molecule has 23 heavy (non-hydrogen) atoms. The van der Waals surface area contributed by atoms with Crippen molar-refractivity contribution in [2.45, 2.75) is 80.1 Å². The Labute approximate surface area is 182 Å². The molecule has 0 aromatic carbocycles. The molecule has 0 aliphatic rings. The second kappa shape index (κ2) is 32.0. The van der Waals surface area contributed by atoms with Crippen LogP contribution in [0.15, 0.2) is 0 Å². The van der Waals surface area contributed by atoms with E-state index in [1.165, 1.54) is 75.5 Å². The first-order valence-electron chi connectivity index (χ1n) is 9.14. The number of halogens is 2. The Balaban J connectivity index is -0.0000000831. The Morgan fingerprint density at radius 3 is 0.609 bits per heavy atom. The second-order valence-corrected chi connectivity index (χ2v) is 11.0. The van der Waals surface area contributed by atoms with Crippen molar-refractivity contribution in [1.82, 2.24) is 0 Å². The summed E-state index contributed by atoms with van der Waals surface area (Å²) < 4.78 is 0. The predicted molar refractivity (Wildman–Crippen MR) is 105 cm³/mol. The third kappa shape index (κ3) is 29.3. The van der Waals surface area contributed by atoms with Gasteiger partial charge in [-0.05, 0) is 37.0 Å². The van der Waals surface area contributed by atoms with E-state index in [4.69, 9.17) is 0 Å². The molecule has 0 rings (SSSR count). The van der Waals surface area contributed by atoms with E-state index < -0.39 is 0 Å². The molecule has 0 saturated heterocycles. The molecule has 0 aliphatic heterocycles. The molecular formula is C18H42Cl2HfP2-2. The molecule has 0 unspecified atom stereocenters. The minimum atomic E-state index is 0. The van der Waals surface area contributed by atoms with Crippen molar-refractivity contribution >= 4 is 15.8 Å². The average molecular weight is 570 g/mol. The van der Waals surface area contributed by atoms with E-state index in [-0.39, 0.29) is 50.7 Å². The van der Waals surface area contributed by atoms with E-state index in [1.807, 2.05) is 0 Å². The van der Waals surface area contributed by atoms with Gasteiger partial charge in [0.2, 0.25) is 0 Å². The Bertz CT molecular complexity index is 129. The fraction of sp³-hybridized carbons (Fsp3) is 1.00. The minimum Gasteiger partial charge on any atom is -1.00 e. The first-order chi connectivity index (χ1) is 9.69. The van der Waals surface area contributed by atoms with Crippen molar-refractivity contribution in [3.05, 3.63) is 0 Å². The van der Waals surface area contributed by atoms with Crippen molar-refractivity contribution < 1.29 is 50.7 Å². The van der Waals surface area contributed by atoms with Crippen molar-refractivity contribution in [3.8, 4) is 0 Å². The van der Waals surface area contributed by atoms with E-state index >= 15 is 0 Å². The molecular weight excluding hydrogens is 528 g/mol. The maximum Gasteiger partial charge on any atom is 0 e. The largest absolute Gasteiger partial charge is 1.00 e. The molecule has 0 heterocycles.